The fourth-order valence-corrected chi connectivity index (χ4v) is 3.26. The zero-order valence-electron chi connectivity index (χ0n) is 10.8. The highest BCUT2D eigenvalue weighted by molar-refractivity contribution is 9.10. The fraction of sp³-hybridized carbons (Fsp3) is 0.133. The molecular weight excluding hydrogens is 378 g/mol. The van der Waals surface area contributed by atoms with Crippen molar-refractivity contribution < 1.29 is 4.39 Å². The molecule has 0 fully saturated rings. The van der Waals surface area contributed by atoms with Gasteiger partial charge in [0.25, 0.3) is 0 Å². The van der Waals surface area contributed by atoms with Crippen molar-refractivity contribution >= 4 is 50.2 Å². The predicted octanol–water partition coefficient (Wildman–Crippen LogP) is 5.36. The number of fused-ring (bicyclic) bond motifs is 1. The number of imidazole rings is 1. The number of alkyl halides is 1. The van der Waals surface area contributed by atoms with Crippen molar-refractivity contribution in [2.45, 2.75) is 6.42 Å². The van der Waals surface area contributed by atoms with E-state index < -0.39 is 0 Å². The van der Waals surface area contributed by atoms with Crippen LogP contribution in [-0.4, -0.2) is 15.4 Å². The zero-order valence-corrected chi connectivity index (χ0v) is 13.9. The van der Waals surface area contributed by atoms with Gasteiger partial charge in [-0.25, -0.2) is 9.37 Å². The Morgan fingerprint density at radius 3 is 2.76 bits per heavy atom. The van der Waals surface area contributed by atoms with Crippen LogP contribution in [0.2, 0.25) is 5.02 Å². The maximum atomic E-state index is 13.3. The van der Waals surface area contributed by atoms with Crippen LogP contribution in [0.3, 0.4) is 0 Å². The van der Waals surface area contributed by atoms with Crippen LogP contribution in [0.5, 0.6) is 0 Å². The van der Waals surface area contributed by atoms with E-state index in [9.17, 15) is 4.39 Å². The van der Waals surface area contributed by atoms with E-state index in [1.54, 1.807) is 6.07 Å². The van der Waals surface area contributed by atoms with E-state index in [2.05, 4.69) is 20.9 Å². The van der Waals surface area contributed by atoms with E-state index in [0.717, 1.165) is 22.5 Å². The van der Waals surface area contributed by atoms with Crippen molar-refractivity contribution in [2.24, 2.45) is 0 Å². The third-order valence-corrected chi connectivity index (χ3v) is 4.29. The SMILES string of the molecule is Fc1ccc(-n2c(CCCl)nc3cccc(Cl)c32)c(Br)c1. The van der Waals surface area contributed by atoms with Crippen LogP contribution >= 0.6 is 39.1 Å². The molecule has 0 spiro atoms. The van der Waals surface area contributed by atoms with E-state index in [4.69, 9.17) is 23.2 Å². The highest BCUT2D eigenvalue weighted by atomic mass is 79.9. The number of aryl methyl sites for hydroxylation is 1. The van der Waals surface area contributed by atoms with Gasteiger partial charge in [0.1, 0.15) is 11.6 Å². The maximum Gasteiger partial charge on any atom is 0.124 e. The molecule has 0 bridgehead atoms. The third kappa shape index (κ3) is 2.68. The Hall–Kier alpha value is -1.10. The lowest BCUT2D eigenvalue weighted by Gasteiger charge is -2.11. The van der Waals surface area contributed by atoms with Crippen molar-refractivity contribution in [1.82, 2.24) is 9.55 Å². The minimum absolute atomic E-state index is 0.306. The fourth-order valence-electron chi connectivity index (χ4n) is 2.31. The van der Waals surface area contributed by atoms with Gasteiger partial charge in [-0.3, -0.25) is 4.57 Å². The number of benzene rings is 2. The lowest BCUT2D eigenvalue weighted by molar-refractivity contribution is 0.626. The Balaban J connectivity index is 2.35. The molecule has 0 amide bonds. The summed E-state index contributed by atoms with van der Waals surface area (Å²) in [6.07, 6.45) is 0.594. The molecule has 2 nitrogen and oxygen atoms in total. The number of para-hydroxylation sites is 1. The summed E-state index contributed by atoms with van der Waals surface area (Å²) in [6, 6.07) is 10.1. The molecule has 21 heavy (non-hydrogen) atoms. The second-order valence-corrected chi connectivity index (χ2v) is 6.15. The summed E-state index contributed by atoms with van der Waals surface area (Å²) < 4.78 is 15.9. The van der Waals surface area contributed by atoms with E-state index in [0.29, 0.717) is 21.8 Å². The van der Waals surface area contributed by atoms with Gasteiger partial charge in [0.05, 0.1) is 21.7 Å². The van der Waals surface area contributed by atoms with E-state index in [-0.39, 0.29) is 5.82 Å². The molecule has 0 aliphatic heterocycles. The normalized spacial score (nSPS) is 11.2. The Kier molecular flexibility index (Phi) is 4.20. The Labute approximate surface area is 139 Å². The van der Waals surface area contributed by atoms with Gasteiger partial charge in [0, 0.05) is 16.8 Å². The number of hydrogen-bond donors (Lipinski definition) is 0. The molecule has 0 N–H and O–H groups in total. The van der Waals surface area contributed by atoms with E-state index in [1.807, 2.05) is 22.8 Å². The quantitative estimate of drug-likeness (QED) is 0.553. The monoisotopic (exact) mass is 386 g/mol. The molecule has 0 aliphatic carbocycles. The molecular formula is C15H10BrCl2FN2. The van der Waals surface area contributed by atoms with Gasteiger partial charge < -0.3 is 0 Å². The second-order valence-electron chi connectivity index (χ2n) is 4.51. The number of nitrogens with zero attached hydrogens (tertiary/aromatic N) is 2. The first kappa shape index (κ1) is 14.8. The average molecular weight is 388 g/mol. The first-order chi connectivity index (χ1) is 10.1. The molecule has 1 aromatic heterocycles. The molecule has 3 rings (SSSR count). The average Bonchev–Trinajstić information content (AvgIpc) is 2.79. The first-order valence-corrected chi connectivity index (χ1v) is 7.99. The summed E-state index contributed by atoms with van der Waals surface area (Å²) in [5, 5.41) is 0.594. The molecule has 0 atom stereocenters. The van der Waals surface area contributed by atoms with Crippen molar-refractivity contribution in [1.29, 1.82) is 0 Å². The third-order valence-electron chi connectivity index (χ3n) is 3.17. The summed E-state index contributed by atoms with van der Waals surface area (Å²) in [6.45, 7) is 0. The summed E-state index contributed by atoms with van der Waals surface area (Å²) >= 11 is 15.6. The van der Waals surface area contributed by atoms with Crippen LogP contribution in [0.25, 0.3) is 16.7 Å². The molecule has 0 saturated carbocycles. The Morgan fingerprint density at radius 1 is 1.24 bits per heavy atom. The number of aromatic nitrogens is 2. The standard InChI is InChI=1S/C15H10BrCl2FN2/c16-10-8-9(19)4-5-13(10)21-14(6-7-17)20-12-3-1-2-11(18)15(12)21/h1-5,8H,6-7H2. The van der Waals surface area contributed by atoms with Gasteiger partial charge in [-0.1, -0.05) is 17.7 Å². The van der Waals surface area contributed by atoms with Crippen LogP contribution in [0.15, 0.2) is 40.9 Å². The second kappa shape index (κ2) is 5.95. The Morgan fingerprint density at radius 2 is 2.05 bits per heavy atom. The van der Waals surface area contributed by atoms with Gasteiger partial charge in [-0.15, -0.1) is 11.6 Å². The lowest BCUT2D eigenvalue weighted by Crippen LogP contribution is -2.03. The molecule has 0 aliphatic rings. The smallest absolute Gasteiger partial charge is 0.124 e. The lowest BCUT2D eigenvalue weighted by atomic mass is 10.2. The largest absolute Gasteiger partial charge is 0.294 e. The van der Waals surface area contributed by atoms with Crippen molar-refractivity contribution in [3.63, 3.8) is 0 Å². The van der Waals surface area contributed by atoms with Crippen molar-refractivity contribution in [2.75, 3.05) is 5.88 Å². The molecule has 3 aromatic rings. The van der Waals surface area contributed by atoms with Gasteiger partial charge in [0.2, 0.25) is 0 Å². The van der Waals surface area contributed by atoms with Gasteiger partial charge in [0.15, 0.2) is 0 Å². The Bertz CT molecular complexity index is 817. The topological polar surface area (TPSA) is 17.8 Å². The van der Waals surface area contributed by atoms with Gasteiger partial charge >= 0.3 is 0 Å². The van der Waals surface area contributed by atoms with E-state index in [1.165, 1.54) is 12.1 Å². The molecule has 1 heterocycles. The molecule has 2 aromatic carbocycles. The zero-order chi connectivity index (χ0) is 15.0. The van der Waals surface area contributed by atoms with Crippen LogP contribution in [0, 0.1) is 5.82 Å². The van der Waals surface area contributed by atoms with Crippen molar-refractivity contribution in [3.8, 4) is 5.69 Å². The van der Waals surface area contributed by atoms with E-state index >= 15 is 0 Å². The predicted molar refractivity (Wildman–Crippen MR) is 88.2 cm³/mol. The summed E-state index contributed by atoms with van der Waals surface area (Å²) in [5.74, 6) is 0.931. The number of halogens is 4. The summed E-state index contributed by atoms with van der Waals surface area (Å²) in [4.78, 5) is 4.58. The number of rotatable bonds is 3. The minimum atomic E-state index is -0.306. The highest BCUT2D eigenvalue weighted by Crippen LogP contribution is 2.31. The highest BCUT2D eigenvalue weighted by Gasteiger charge is 2.16. The van der Waals surface area contributed by atoms with Crippen LogP contribution in [0.1, 0.15) is 5.82 Å². The van der Waals surface area contributed by atoms with Crippen molar-refractivity contribution in [3.05, 3.63) is 57.5 Å². The summed E-state index contributed by atoms with van der Waals surface area (Å²) in [7, 11) is 0. The first-order valence-electron chi connectivity index (χ1n) is 6.29. The van der Waals surface area contributed by atoms with Crippen LogP contribution in [-0.2, 0) is 6.42 Å². The van der Waals surface area contributed by atoms with Gasteiger partial charge in [-0.2, -0.15) is 0 Å². The summed E-state index contributed by atoms with van der Waals surface area (Å²) in [5.41, 5.74) is 2.37. The minimum Gasteiger partial charge on any atom is -0.294 e. The maximum absolute atomic E-state index is 13.3. The van der Waals surface area contributed by atoms with Crippen LogP contribution < -0.4 is 0 Å². The number of hydrogen-bond acceptors (Lipinski definition) is 1. The molecule has 6 heteroatoms. The molecule has 0 saturated heterocycles. The van der Waals surface area contributed by atoms with Gasteiger partial charge in [-0.05, 0) is 46.3 Å². The molecule has 0 unspecified atom stereocenters. The molecule has 0 radical (unpaired) electrons. The van der Waals surface area contributed by atoms with Crippen LogP contribution in [0.4, 0.5) is 4.39 Å². The molecule has 108 valence electrons.